The van der Waals surface area contributed by atoms with Gasteiger partial charge < -0.3 is 9.97 Å². The van der Waals surface area contributed by atoms with Crippen molar-refractivity contribution in [2.75, 3.05) is 0 Å². The normalized spacial score (nSPS) is 13.6. The molecule has 47 heavy (non-hydrogen) atoms. The van der Waals surface area contributed by atoms with Gasteiger partial charge >= 0.3 is 0 Å². The highest BCUT2D eigenvalue weighted by atomic mass is 15.3. The van der Waals surface area contributed by atoms with Crippen LogP contribution >= 0.6 is 0 Å². The van der Waals surface area contributed by atoms with Crippen molar-refractivity contribution in [3.8, 4) is 28.5 Å². The maximum absolute atomic E-state index is 5.40. The predicted molar refractivity (Wildman–Crippen MR) is 196 cm³/mol. The van der Waals surface area contributed by atoms with E-state index in [1.165, 1.54) is 43.9 Å². The van der Waals surface area contributed by atoms with E-state index in [0.29, 0.717) is 0 Å². The molecule has 0 aliphatic heterocycles. The average Bonchev–Trinajstić information content (AvgIpc) is 3.74. The average molecular weight is 614 g/mol. The van der Waals surface area contributed by atoms with Crippen LogP contribution in [0.5, 0.6) is 0 Å². The molecule has 5 heteroatoms. The highest BCUT2D eigenvalue weighted by Crippen LogP contribution is 2.42. The third kappa shape index (κ3) is 4.29. The Morgan fingerprint density at radius 3 is 2.15 bits per heavy atom. The number of aromatic nitrogens is 5. The van der Waals surface area contributed by atoms with Gasteiger partial charge in [0.2, 0.25) is 0 Å². The van der Waals surface area contributed by atoms with Crippen molar-refractivity contribution < 1.29 is 0 Å². The highest BCUT2D eigenvalue weighted by molar-refractivity contribution is 6.14. The maximum Gasteiger partial charge on any atom is 0.154 e. The van der Waals surface area contributed by atoms with Crippen LogP contribution in [0.25, 0.3) is 72.1 Å². The number of para-hydroxylation sites is 2. The Labute approximate surface area is 274 Å². The summed E-state index contributed by atoms with van der Waals surface area (Å²) in [5.74, 6) is 0.826. The smallest absolute Gasteiger partial charge is 0.154 e. The molecule has 1 aliphatic carbocycles. The van der Waals surface area contributed by atoms with E-state index in [-0.39, 0.29) is 10.8 Å². The standard InChI is InChI=1S/C42H39N5/c1-41(2,3)25-17-19-34-30(21-25)31-22-26(42(4,5)6)23-32(38(31)43-34)39-29-12-8-10-14-35(29)47(46-39)36-20-16-24-15-18-28-27-11-7-9-13-33(27)44-40(28)37(24)45-36/h7-14,16-17,19-23,43-44H,15,18H2,1-6H3. The minimum absolute atomic E-state index is 0.0378. The van der Waals surface area contributed by atoms with Gasteiger partial charge in [-0.2, -0.15) is 5.10 Å². The molecule has 4 aromatic carbocycles. The Morgan fingerprint density at radius 2 is 1.34 bits per heavy atom. The van der Waals surface area contributed by atoms with Crippen LogP contribution in [0.2, 0.25) is 0 Å². The molecular formula is C42H39N5. The number of H-pyrrole nitrogens is 2. The van der Waals surface area contributed by atoms with Gasteiger partial charge in [-0.15, -0.1) is 0 Å². The summed E-state index contributed by atoms with van der Waals surface area (Å²) in [5.41, 5.74) is 14.0. The van der Waals surface area contributed by atoms with E-state index < -0.39 is 0 Å². The van der Waals surface area contributed by atoms with Gasteiger partial charge in [0.1, 0.15) is 5.69 Å². The van der Waals surface area contributed by atoms with Crippen molar-refractivity contribution in [1.82, 2.24) is 24.7 Å². The fourth-order valence-electron chi connectivity index (χ4n) is 7.46. The number of nitrogens with one attached hydrogen (secondary N) is 2. The minimum atomic E-state index is -0.0378. The molecule has 0 saturated heterocycles. The zero-order valence-electron chi connectivity index (χ0n) is 27.9. The van der Waals surface area contributed by atoms with Gasteiger partial charge in [-0.05, 0) is 88.4 Å². The molecule has 0 spiro atoms. The van der Waals surface area contributed by atoms with Crippen molar-refractivity contribution in [3.05, 3.63) is 113 Å². The third-order valence-corrected chi connectivity index (χ3v) is 10.2. The molecule has 1 aliphatic rings. The first-order valence-corrected chi connectivity index (χ1v) is 16.7. The van der Waals surface area contributed by atoms with Crippen LogP contribution in [0.4, 0.5) is 0 Å². The van der Waals surface area contributed by atoms with Crippen molar-refractivity contribution in [3.63, 3.8) is 0 Å². The summed E-state index contributed by atoms with van der Waals surface area (Å²) in [4.78, 5) is 12.8. The summed E-state index contributed by atoms with van der Waals surface area (Å²) in [6, 6.07) is 33.1. The summed E-state index contributed by atoms with van der Waals surface area (Å²) in [6.45, 7) is 13.7. The Hall–Kier alpha value is -5.16. The van der Waals surface area contributed by atoms with Gasteiger partial charge in [0.25, 0.3) is 0 Å². The molecule has 0 radical (unpaired) electrons. The first-order chi connectivity index (χ1) is 22.5. The summed E-state index contributed by atoms with van der Waals surface area (Å²) in [5, 5.41) is 10.3. The molecule has 0 fully saturated rings. The Kier molecular flexibility index (Phi) is 5.78. The van der Waals surface area contributed by atoms with Crippen LogP contribution in [0.15, 0.2) is 91.0 Å². The lowest BCUT2D eigenvalue weighted by molar-refractivity contribution is 0.590. The van der Waals surface area contributed by atoms with E-state index in [2.05, 4.69) is 143 Å². The molecule has 0 unspecified atom stereocenters. The van der Waals surface area contributed by atoms with Gasteiger partial charge in [-0.3, -0.25) is 0 Å². The molecule has 8 aromatic rings. The van der Waals surface area contributed by atoms with E-state index in [1.54, 1.807) is 0 Å². The molecule has 0 bridgehead atoms. The molecule has 232 valence electrons. The zero-order chi connectivity index (χ0) is 32.2. The van der Waals surface area contributed by atoms with Crippen LogP contribution in [0.3, 0.4) is 0 Å². The number of aryl methyl sites for hydroxylation is 2. The summed E-state index contributed by atoms with van der Waals surface area (Å²) in [6.07, 6.45) is 2.00. The fraction of sp³-hybridized carbons (Fsp3) is 0.238. The Bertz CT molecular complexity index is 2540. The van der Waals surface area contributed by atoms with E-state index in [4.69, 9.17) is 10.1 Å². The van der Waals surface area contributed by atoms with E-state index >= 15 is 0 Å². The fourth-order valence-corrected chi connectivity index (χ4v) is 7.46. The van der Waals surface area contributed by atoms with Crippen LogP contribution in [-0.2, 0) is 23.7 Å². The van der Waals surface area contributed by atoms with E-state index in [0.717, 1.165) is 63.2 Å². The van der Waals surface area contributed by atoms with Gasteiger partial charge in [0, 0.05) is 38.1 Å². The number of pyridine rings is 1. The summed E-state index contributed by atoms with van der Waals surface area (Å²) < 4.78 is 2.04. The van der Waals surface area contributed by atoms with Crippen molar-refractivity contribution in [2.45, 2.75) is 65.2 Å². The second kappa shape index (κ2) is 9.68. The molecule has 0 amide bonds. The number of hydrogen-bond donors (Lipinski definition) is 2. The topological polar surface area (TPSA) is 62.3 Å². The Balaban J connectivity index is 1.28. The zero-order valence-corrected chi connectivity index (χ0v) is 27.9. The first kappa shape index (κ1) is 28.1. The highest BCUT2D eigenvalue weighted by Gasteiger charge is 2.26. The number of rotatable bonds is 2. The van der Waals surface area contributed by atoms with Crippen LogP contribution < -0.4 is 0 Å². The Morgan fingerprint density at radius 1 is 0.617 bits per heavy atom. The lowest BCUT2D eigenvalue weighted by Crippen LogP contribution is -2.11. The lowest BCUT2D eigenvalue weighted by Gasteiger charge is -2.21. The molecule has 4 aromatic heterocycles. The van der Waals surface area contributed by atoms with Gasteiger partial charge in [0.05, 0.1) is 22.4 Å². The van der Waals surface area contributed by atoms with Crippen molar-refractivity contribution >= 4 is 43.6 Å². The van der Waals surface area contributed by atoms with Crippen molar-refractivity contribution in [2.24, 2.45) is 0 Å². The molecule has 5 nitrogen and oxygen atoms in total. The lowest BCUT2D eigenvalue weighted by atomic mass is 9.83. The summed E-state index contributed by atoms with van der Waals surface area (Å²) in [7, 11) is 0. The number of hydrogen-bond acceptors (Lipinski definition) is 2. The molecular weight excluding hydrogens is 574 g/mol. The maximum atomic E-state index is 5.40. The predicted octanol–water partition coefficient (Wildman–Crippen LogP) is 10.6. The number of fused-ring (bicyclic) bond motifs is 9. The number of benzene rings is 4. The molecule has 0 atom stereocenters. The molecule has 2 N–H and O–H groups in total. The largest absolute Gasteiger partial charge is 0.354 e. The van der Waals surface area contributed by atoms with Gasteiger partial charge in [-0.1, -0.05) is 90.1 Å². The monoisotopic (exact) mass is 613 g/mol. The third-order valence-electron chi connectivity index (χ3n) is 10.2. The molecule has 0 saturated carbocycles. The van der Waals surface area contributed by atoms with E-state index in [1.807, 2.05) is 4.68 Å². The SMILES string of the molecule is CC(C)(C)c1ccc2[nH]c3c(-c4nn(-c5ccc6c(n5)-c5[nH]c7ccccc7c5CC6)c5ccccc45)cc(C(C)(C)C)cc3c2c1. The van der Waals surface area contributed by atoms with Gasteiger partial charge in [0.15, 0.2) is 5.82 Å². The second-order valence-electron chi connectivity index (χ2n) is 15.3. The molecule has 4 heterocycles. The second-order valence-corrected chi connectivity index (χ2v) is 15.3. The van der Waals surface area contributed by atoms with Crippen LogP contribution in [0, 0.1) is 0 Å². The number of nitrogens with zero attached hydrogens (tertiary/aromatic N) is 3. The molecule has 9 rings (SSSR count). The van der Waals surface area contributed by atoms with Crippen LogP contribution in [-0.4, -0.2) is 24.7 Å². The quantitative estimate of drug-likeness (QED) is 0.204. The van der Waals surface area contributed by atoms with Crippen LogP contribution in [0.1, 0.15) is 63.8 Å². The van der Waals surface area contributed by atoms with Crippen molar-refractivity contribution in [1.29, 1.82) is 0 Å². The van der Waals surface area contributed by atoms with Gasteiger partial charge in [-0.25, -0.2) is 9.67 Å². The van der Waals surface area contributed by atoms with E-state index in [9.17, 15) is 0 Å². The number of aromatic amines is 2. The first-order valence-electron chi connectivity index (χ1n) is 16.7. The minimum Gasteiger partial charge on any atom is -0.354 e. The summed E-state index contributed by atoms with van der Waals surface area (Å²) >= 11 is 0.